The molecule has 202 valence electrons. The topological polar surface area (TPSA) is 92.2 Å². The second-order valence-corrected chi connectivity index (χ2v) is 12.2. The molecule has 5 rings (SSSR count). The van der Waals surface area contributed by atoms with Crippen LogP contribution >= 0.6 is 11.3 Å². The molecular weight excluding hydrogens is 532 g/mol. The van der Waals surface area contributed by atoms with Gasteiger partial charge in [-0.25, -0.2) is 13.4 Å². The average molecular weight is 563 g/mol. The summed E-state index contributed by atoms with van der Waals surface area (Å²) in [5, 5.41) is 6.14. The van der Waals surface area contributed by atoms with Crippen molar-refractivity contribution in [3.8, 4) is 5.75 Å². The highest BCUT2D eigenvalue weighted by molar-refractivity contribution is 7.89. The van der Waals surface area contributed by atoms with Crippen molar-refractivity contribution in [1.29, 1.82) is 0 Å². The van der Waals surface area contributed by atoms with Crippen LogP contribution in [0.5, 0.6) is 5.75 Å². The number of nitrogens with zero attached hydrogens (tertiary/aromatic N) is 4. The van der Waals surface area contributed by atoms with E-state index >= 15 is 0 Å². The quantitative estimate of drug-likeness (QED) is 0.196. The number of piperidine rings is 1. The van der Waals surface area contributed by atoms with Gasteiger partial charge in [-0.15, -0.1) is 0 Å². The molecule has 0 N–H and O–H groups in total. The highest BCUT2D eigenvalue weighted by atomic mass is 32.2. The normalized spacial score (nSPS) is 16.5. The molecule has 39 heavy (non-hydrogen) atoms. The summed E-state index contributed by atoms with van der Waals surface area (Å²) >= 11 is 1.32. The minimum absolute atomic E-state index is 0.00512. The summed E-state index contributed by atoms with van der Waals surface area (Å²) in [6.07, 6.45) is 5.14. The number of anilines is 1. The molecule has 1 atom stereocenters. The average Bonchev–Trinajstić information content (AvgIpc) is 3.40. The van der Waals surface area contributed by atoms with Crippen LogP contribution in [0.2, 0.25) is 0 Å². The molecule has 1 amide bonds. The highest BCUT2D eigenvalue weighted by Gasteiger charge is 2.32. The van der Waals surface area contributed by atoms with E-state index in [0.29, 0.717) is 23.0 Å². The molecule has 2 heterocycles. The minimum atomic E-state index is -3.65. The molecular formula is C29H30N4O4S2. The smallest absolute Gasteiger partial charge is 0.280 e. The van der Waals surface area contributed by atoms with E-state index in [1.54, 1.807) is 29.8 Å². The van der Waals surface area contributed by atoms with Gasteiger partial charge in [-0.05, 0) is 67.3 Å². The number of benzene rings is 3. The Morgan fingerprint density at radius 3 is 2.62 bits per heavy atom. The zero-order valence-corrected chi connectivity index (χ0v) is 23.5. The first-order valence-corrected chi connectivity index (χ1v) is 15.2. The predicted molar refractivity (Wildman–Crippen MR) is 155 cm³/mol. The summed E-state index contributed by atoms with van der Waals surface area (Å²) in [5.41, 5.74) is 1.85. The van der Waals surface area contributed by atoms with Gasteiger partial charge in [-0.1, -0.05) is 55.0 Å². The van der Waals surface area contributed by atoms with Gasteiger partial charge in [-0.3, -0.25) is 4.79 Å². The number of carbonyl (C=O) groups is 1. The van der Waals surface area contributed by atoms with Crippen molar-refractivity contribution in [2.24, 2.45) is 5.10 Å². The van der Waals surface area contributed by atoms with Gasteiger partial charge in [0.25, 0.3) is 5.91 Å². The maximum absolute atomic E-state index is 13.7. The molecule has 0 radical (unpaired) electrons. The molecule has 10 heteroatoms. The molecule has 1 unspecified atom stereocenters. The molecule has 1 aliphatic rings. The van der Waals surface area contributed by atoms with Gasteiger partial charge < -0.3 is 4.74 Å². The fourth-order valence-corrected chi connectivity index (χ4v) is 7.41. The van der Waals surface area contributed by atoms with E-state index in [9.17, 15) is 13.2 Å². The number of hydrogen-bond acceptors (Lipinski definition) is 7. The summed E-state index contributed by atoms with van der Waals surface area (Å²) in [7, 11) is -2.05. The van der Waals surface area contributed by atoms with Gasteiger partial charge in [-0.2, -0.15) is 14.4 Å². The lowest BCUT2D eigenvalue weighted by Gasteiger charge is -2.34. The molecule has 1 fully saturated rings. The van der Waals surface area contributed by atoms with Gasteiger partial charge in [0.2, 0.25) is 15.2 Å². The van der Waals surface area contributed by atoms with Crippen molar-refractivity contribution in [2.75, 3.05) is 18.7 Å². The van der Waals surface area contributed by atoms with E-state index in [2.05, 4.69) is 10.1 Å². The number of fused-ring (bicyclic) bond motifs is 1. The Bertz CT molecular complexity index is 1580. The van der Waals surface area contributed by atoms with Crippen LogP contribution in [0, 0.1) is 0 Å². The second-order valence-electron chi connectivity index (χ2n) is 9.30. The largest absolute Gasteiger partial charge is 0.497 e. The summed E-state index contributed by atoms with van der Waals surface area (Å²) in [6, 6.07) is 21.1. The minimum Gasteiger partial charge on any atom is -0.497 e. The Balaban J connectivity index is 1.47. The van der Waals surface area contributed by atoms with Gasteiger partial charge in [0, 0.05) is 18.2 Å². The van der Waals surface area contributed by atoms with Crippen LogP contribution in [-0.2, 0) is 10.0 Å². The van der Waals surface area contributed by atoms with Crippen molar-refractivity contribution in [3.63, 3.8) is 0 Å². The Kier molecular flexibility index (Phi) is 8.06. The SMILES string of the molecule is CCC1CCCCN1S(=O)(=O)c1ccc(C(=O)N(/N=C/c2ccccc2)c2nc3ccc(OC)cc3s2)cc1. The van der Waals surface area contributed by atoms with Crippen LogP contribution in [-0.4, -0.2) is 49.5 Å². The maximum atomic E-state index is 13.7. The van der Waals surface area contributed by atoms with E-state index < -0.39 is 15.9 Å². The highest BCUT2D eigenvalue weighted by Crippen LogP contribution is 2.33. The van der Waals surface area contributed by atoms with E-state index in [4.69, 9.17) is 4.74 Å². The van der Waals surface area contributed by atoms with Crippen molar-refractivity contribution < 1.29 is 17.9 Å². The van der Waals surface area contributed by atoms with Crippen LogP contribution in [0.3, 0.4) is 0 Å². The number of hydrazone groups is 1. The van der Waals surface area contributed by atoms with Gasteiger partial charge >= 0.3 is 0 Å². The van der Waals surface area contributed by atoms with Crippen molar-refractivity contribution in [2.45, 2.75) is 43.5 Å². The van der Waals surface area contributed by atoms with E-state index in [-0.39, 0.29) is 10.9 Å². The number of carbonyl (C=O) groups excluding carboxylic acids is 1. The summed E-state index contributed by atoms with van der Waals surface area (Å²) in [4.78, 5) is 18.5. The van der Waals surface area contributed by atoms with E-state index in [0.717, 1.165) is 41.5 Å². The standard InChI is InChI=1S/C29H30N4O4S2/c1-3-23-11-7-8-18-32(23)39(35,36)25-15-12-22(13-16-25)28(34)33(30-20-21-9-5-4-6-10-21)29-31-26-17-14-24(37-2)19-27(26)38-29/h4-6,9-10,12-17,19-20,23H,3,7-8,11,18H2,1-2H3/b30-20+. The molecule has 0 bridgehead atoms. The van der Waals surface area contributed by atoms with E-state index in [1.807, 2.05) is 55.5 Å². The summed E-state index contributed by atoms with van der Waals surface area (Å²) < 4.78 is 34.6. The van der Waals surface area contributed by atoms with Crippen molar-refractivity contribution in [3.05, 3.63) is 83.9 Å². The number of methoxy groups -OCH3 is 1. The zero-order chi connectivity index (χ0) is 27.4. The first-order valence-electron chi connectivity index (χ1n) is 12.9. The number of aromatic nitrogens is 1. The molecule has 0 aliphatic carbocycles. The van der Waals surface area contributed by atoms with Gasteiger partial charge in [0.15, 0.2) is 0 Å². The fraction of sp³-hybridized carbons (Fsp3) is 0.276. The number of thiazole rings is 1. The number of sulfonamides is 1. The Morgan fingerprint density at radius 2 is 1.90 bits per heavy atom. The monoisotopic (exact) mass is 562 g/mol. The zero-order valence-electron chi connectivity index (χ0n) is 21.9. The third-order valence-electron chi connectivity index (χ3n) is 6.83. The lowest BCUT2D eigenvalue weighted by Crippen LogP contribution is -2.43. The fourth-order valence-electron chi connectivity index (χ4n) is 4.69. The third-order valence-corrected chi connectivity index (χ3v) is 9.79. The van der Waals surface area contributed by atoms with Crippen molar-refractivity contribution in [1.82, 2.24) is 9.29 Å². The van der Waals surface area contributed by atoms with Crippen LogP contribution in [0.4, 0.5) is 5.13 Å². The van der Waals surface area contributed by atoms with Crippen LogP contribution in [0.1, 0.15) is 48.5 Å². The molecule has 1 aromatic heterocycles. The van der Waals surface area contributed by atoms with Crippen LogP contribution in [0.15, 0.2) is 82.8 Å². The lowest BCUT2D eigenvalue weighted by atomic mass is 10.0. The second kappa shape index (κ2) is 11.6. The Morgan fingerprint density at radius 1 is 1.13 bits per heavy atom. The van der Waals surface area contributed by atoms with Gasteiger partial charge in [0.05, 0.1) is 28.4 Å². The molecule has 0 spiro atoms. The number of rotatable bonds is 8. The van der Waals surface area contributed by atoms with Crippen LogP contribution < -0.4 is 9.75 Å². The molecule has 1 aliphatic heterocycles. The Labute approximate surface area is 232 Å². The Hall–Kier alpha value is -3.60. The summed E-state index contributed by atoms with van der Waals surface area (Å²) in [5.74, 6) is 0.278. The van der Waals surface area contributed by atoms with Crippen molar-refractivity contribution >= 4 is 48.8 Å². The molecule has 1 saturated heterocycles. The number of ether oxygens (including phenoxy) is 1. The molecule has 3 aromatic carbocycles. The van der Waals surface area contributed by atoms with Gasteiger partial charge in [0.1, 0.15) is 5.75 Å². The lowest BCUT2D eigenvalue weighted by molar-refractivity contribution is 0.0987. The third kappa shape index (κ3) is 5.73. The predicted octanol–water partition coefficient (Wildman–Crippen LogP) is 5.94. The van der Waals surface area contributed by atoms with Crippen LogP contribution in [0.25, 0.3) is 10.2 Å². The first kappa shape index (κ1) is 27.0. The number of hydrogen-bond donors (Lipinski definition) is 0. The summed E-state index contributed by atoms with van der Waals surface area (Å²) in [6.45, 7) is 2.54. The molecule has 8 nitrogen and oxygen atoms in total. The molecule has 4 aromatic rings. The van der Waals surface area contributed by atoms with E-state index in [1.165, 1.54) is 28.5 Å². The molecule has 0 saturated carbocycles. The maximum Gasteiger partial charge on any atom is 0.280 e. The number of amides is 1. The first-order chi connectivity index (χ1) is 18.9.